The van der Waals surface area contributed by atoms with Crippen molar-refractivity contribution < 1.29 is 13.2 Å². The number of aromatic nitrogens is 1. The van der Waals surface area contributed by atoms with E-state index >= 15 is 0 Å². The molecule has 0 radical (unpaired) electrons. The molecule has 1 aromatic rings. The number of hydrogen-bond donors (Lipinski definition) is 0. The molecule has 2 rings (SSSR count). The van der Waals surface area contributed by atoms with Crippen molar-refractivity contribution >= 4 is 21.4 Å². The van der Waals surface area contributed by atoms with Gasteiger partial charge in [0.25, 0.3) is 0 Å². The second-order valence-corrected chi connectivity index (χ2v) is 8.50. The summed E-state index contributed by atoms with van der Waals surface area (Å²) in [7, 11) is -1.64. The predicted molar refractivity (Wildman–Crippen MR) is 80.8 cm³/mol. The maximum atomic E-state index is 12.1. The van der Waals surface area contributed by atoms with Crippen molar-refractivity contribution in [1.29, 1.82) is 0 Å². The molecule has 5 nitrogen and oxygen atoms in total. The molecule has 0 aromatic carbocycles. The molecule has 7 heteroatoms. The molecule has 20 heavy (non-hydrogen) atoms. The van der Waals surface area contributed by atoms with Crippen molar-refractivity contribution in [3.05, 3.63) is 15.6 Å². The molecule has 1 aliphatic heterocycles. The van der Waals surface area contributed by atoms with E-state index < -0.39 is 10.0 Å². The van der Waals surface area contributed by atoms with Crippen molar-refractivity contribution in [2.45, 2.75) is 32.6 Å². The maximum absolute atomic E-state index is 12.1. The molecule has 0 saturated carbocycles. The Morgan fingerprint density at radius 3 is 2.50 bits per heavy atom. The van der Waals surface area contributed by atoms with Crippen LogP contribution in [-0.2, 0) is 14.8 Å². The Morgan fingerprint density at radius 1 is 1.35 bits per heavy atom. The van der Waals surface area contributed by atoms with Gasteiger partial charge in [-0.2, -0.15) is 0 Å². The minimum Gasteiger partial charge on any atom is -0.384 e. The second-order valence-electron chi connectivity index (χ2n) is 5.18. The minimum absolute atomic E-state index is 0.0731. The number of methoxy groups -OCH3 is 1. The van der Waals surface area contributed by atoms with Gasteiger partial charge < -0.3 is 4.74 Å². The van der Waals surface area contributed by atoms with Crippen LogP contribution in [-0.4, -0.2) is 50.3 Å². The zero-order valence-electron chi connectivity index (χ0n) is 12.3. The Balaban J connectivity index is 1.95. The summed E-state index contributed by atoms with van der Waals surface area (Å²) in [6.45, 7) is 5.55. The monoisotopic (exact) mass is 318 g/mol. The number of aryl methyl sites for hydroxylation is 2. The number of piperidine rings is 1. The van der Waals surface area contributed by atoms with Gasteiger partial charge in [-0.3, -0.25) is 0 Å². The molecule has 1 aliphatic rings. The van der Waals surface area contributed by atoms with Gasteiger partial charge in [-0.25, -0.2) is 17.7 Å². The third-order valence-corrected chi connectivity index (χ3v) is 6.86. The standard InChI is InChI=1S/C13H22N2O3S2/c1-10-11(2)19-13(14-10)12-4-6-15(7-5-12)20(16,17)9-8-18-3/h12H,4-9H2,1-3H3. The number of sulfonamides is 1. The van der Waals surface area contributed by atoms with Crippen molar-refractivity contribution in [2.24, 2.45) is 0 Å². The van der Waals surface area contributed by atoms with Crippen LogP contribution in [0.5, 0.6) is 0 Å². The first-order chi connectivity index (χ1) is 9.44. The molecule has 0 unspecified atom stereocenters. The summed E-state index contributed by atoms with van der Waals surface area (Å²) in [5.74, 6) is 0.477. The van der Waals surface area contributed by atoms with E-state index in [4.69, 9.17) is 4.74 Å². The van der Waals surface area contributed by atoms with Gasteiger partial charge >= 0.3 is 0 Å². The van der Waals surface area contributed by atoms with Gasteiger partial charge in [0.05, 0.1) is 23.1 Å². The molecule has 0 atom stereocenters. The maximum Gasteiger partial charge on any atom is 0.216 e. The Kier molecular flexibility index (Phi) is 5.17. The number of rotatable bonds is 5. The van der Waals surface area contributed by atoms with Crippen LogP contribution in [0.4, 0.5) is 0 Å². The summed E-state index contributed by atoms with van der Waals surface area (Å²) in [5.41, 5.74) is 1.10. The Hall–Kier alpha value is -0.500. The van der Waals surface area contributed by atoms with E-state index in [0.717, 1.165) is 23.5 Å². The molecule has 0 N–H and O–H groups in total. The molecule has 1 saturated heterocycles. The highest BCUT2D eigenvalue weighted by Gasteiger charge is 2.29. The first-order valence-corrected chi connectivity index (χ1v) is 9.27. The number of ether oxygens (including phenoxy) is 1. The van der Waals surface area contributed by atoms with E-state index in [-0.39, 0.29) is 12.4 Å². The zero-order chi connectivity index (χ0) is 14.8. The van der Waals surface area contributed by atoms with Crippen LogP contribution in [0.1, 0.15) is 34.3 Å². The molecule has 1 fully saturated rings. The van der Waals surface area contributed by atoms with Crippen LogP contribution < -0.4 is 0 Å². The van der Waals surface area contributed by atoms with Crippen molar-refractivity contribution in [3.63, 3.8) is 0 Å². The van der Waals surface area contributed by atoms with Crippen molar-refractivity contribution in [1.82, 2.24) is 9.29 Å². The fourth-order valence-electron chi connectivity index (χ4n) is 2.37. The SMILES string of the molecule is COCCS(=O)(=O)N1CCC(c2nc(C)c(C)s2)CC1. The predicted octanol–water partition coefficient (Wildman–Crippen LogP) is 1.92. The van der Waals surface area contributed by atoms with Gasteiger partial charge in [0.15, 0.2) is 0 Å². The van der Waals surface area contributed by atoms with Gasteiger partial charge in [0.2, 0.25) is 10.0 Å². The van der Waals surface area contributed by atoms with Crippen LogP contribution >= 0.6 is 11.3 Å². The molecule has 1 aromatic heterocycles. The average Bonchev–Trinajstić information content (AvgIpc) is 2.77. The highest BCUT2D eigenvalue weighted by Crippen LogP contribution is 2.32. The molecule has 2 heterocycles. The molecule has 0 spiro atoms. The van der Waals surface area contributed by atoms with E-state index in [2.05, 4.69) is 11.9 Å². The third kappa shape index (κ3) is 3.58. The third-order valence-electron chi connectivity index (χ3n) is 3.79. The highest BCUT2D eigenvalue weighted by molar-refractivity contribution is 7.89. The van der Waals surface area contributed by atoms with Gasteiger partial charge in [-0.15, -0.1) is 11.3 Å². The van der Waals surface area contributed by atoms with E-state index in [0.29, 0.717) is 19.0 Å². The summed E-state index contributed by atoms with van der Waals surface area (Å²) >= 11 is 1.74. The highest BCUT2D eigenvalue weighted by atomic mass is 32.2. The van der Waals surface area contributed by atoms with Crippen molar-refractivity contribution in [2.75, 3.05) is 32.6 Å². The van der Waals surface area contributed by atoms with Crippen LogP contribution in [0, 0.1) is 13.8 Å². The first-order valence-electron chi connectivity index (χ1n) is 6.84. The molecule has 114 valence electrons. The van der Waals surface area contributed by atoms with Gasteiger partial charge in [-0.1, -0.05) is 0 Å². The second kappa shape index (κ2) is 6.51. The molecule has 0 bridgehead atoms. The smallest absolute Gasteiger partial charge is 0.216 e. The molecular formula is C13H22N2O3S2. The lowest BCUT2D eigenvalue weighted by Crippen LogP contribution is -2.39. The number of nitrogens with zero attached hydrogens (tertiary/aromatic N) is 2. The van der Waals surface area contributed by atoms with E-state index in [1.807, 2.05) is 6.92 Å². The average molecular weight is 318 g/mol. The summed E-state index contributed by atoms with van der Waals surface area (Å²) < 4.78 is 30.6. The lowest BCUT2D eigenvalue weighted by Gasteiger charge is -2.30. The summed E-state index contributed by atoms with van der Waals surface area (Å²) in [6, 6.07) is 0. The van der Waals surface area contributed by atoms with Crippen LogP contribution in [0.3, 0.4) is 0 Å². The lowest BCUT2D eigenvalue weighted by atomic mass is 9.99. The number of hydrogen-bond acceptors (Lipinski definition) is 5. The molecule has 0 amide bonds. The quantitative estimate of drug-likeness (QED) is 0.832. The van der Waals surface area contributed by atoms with E-state index in [9.17, 15) is 8.42 Å². The van der Waals surface area contributed by atoms with Gasteiger partial charge in [0, 0.05) is 31.0 Å². The zero-order valence-corrected chi connectivity index (χ0v) is 13.9. The molecule has 0 aliphatic carbocycles. The van der Waals surface area contributed by atoms with Crippen LogP contribution in [0.2, 0.25) is 0 Å². The fraction of sp³-hybridized carbons (Fsp3) is 0.769. The Labute approximate surface area is 125 Å². The Morgan fingerprint density at radius 2 is 2.00 bits per heavy atom. The normalized spacial score (nSPS) is 18.6. The topological polar surface area (TPSA) is 59.5 Å². The van der Waals surface area contributed by atoms with E-state index in [1.54, 1.807) is 15.6 Å². The van der Waals surface area contributed by atoms with Crippen LogP contribution in [0.25, 0.3) is 0 Å². The minimum atomic E-state index is -3.16. The Bertz CT molecular complexity index is 526. The summed E-state index contributed by atoms with van der Waals surface area (Å²) in [6.07, 6.45) is 1.72. The molecular weight excluding hydrogens is 296 g/mol. The van der Waals surface area contributed by atoms with E-state index in [1.165, 1.54) is 12.0 Å². The largest absolute Gasteiger partial charge is 0.384 e. The summed E-state index contributed by atoms with van der Waals surface area (Å²) in [5, 5.41) is 1.16. The van der Waals surface area contributed by atoms with Gasteiger partial charge in [-0.05, 0) is 26.7 Å². The fourth-order valence-corrected chi connectivity index (χ4v) is 4.87. The van der Waals surface area contributed by atoms with Crippen molar-refractivity contribution in [3.8, 4) is 0 Å². The summed E-state index contributed by atoms with van der Waals surface area (Å²) in [4.78, 5) is 5.86. The first kappa shape index (κ1) is 15.9. The number of thiazole rings is 1. The van der Waals surface area contributed by atoms with Crippen LogP contribution in [0.15, 0.2) is 0 Å². The van der Waals surface area contributed by atoms with Gasteiger partial charge in [0.1, 0.15) is 0 Å². The lowest BCUT2D eigenvalue weighted by molar-refractivity contribution is 0.214.